The largest absolute Gasteiger partial charge is 0.502 e. The molecule has 0 radical (unpaired) electrons. The highest BCUT2D eigenvalue weighted by molar-refractivity contribution is 7.80. The Balaban J connectivity index is 2.06. The first-order chi connectivity index (χ1) is 13.0. The molecular weight excluding hydrogens is 368 g/mol. The molecule has 0 bridgehead atoms. The predicted molar refractivity (Wildman–Crippen MR) is 104 cm³/mol. The van der Waals surface area contributed by atoms with E-state index in [1.807, 2.05) is 6.07 Å². The van der Waals surface area contributed by atoms with E-state index in [0.29, 0.717) is 11.3 Å². The second kappa shape index (κ2) is 7.46. The number of anilines is 1. The van der Waals surface area contributed by atoms with Crippen molar-refractivity contribution >= 4 is 40.9 Å². The molecule has 2 aromatic rings. The monoisotopic (exact) mass is 384 g/mol. The number of nitrogens with zero attached hydrogens (tertiary/aromatic N) is 1. The van der Waals surface area contributed by atoms with Crippen molar-refractivity contribution in [3.8, 4) is 17.2 Å². The zero-order chi connectivity index (χ0) is 19.6. The van der Waals surface area contributed by atoms with Gasteiger partial charge in [-0.05, 0) is 48.1 Å². The Morgan fingerprint density at radius 3 is 2.22 bits per heavy atom. The third-order valence-corrected chi connectivity index (χ3v) is 4.21. The van der Waals surface area contributed by atoms with Gasteiger partial charge in [-0.25, -0.2) is 0 Å². The van der Waals surface area contributed by atoms with Crippen molar-refractivity contribution in [2.24, 2.45) is 0 Å². The lowest BCUT2D eigenvalue weighted by Gasteiger charge is -2.28. The molecule has 2 aromatic carbocycles. The Kier molecular flexibility index (Phi) is 5.09. The van der Waals surface area contributed by atoms with Gasteiger partial charge in [0.05, 0.1) is 19.9 Å². The van der Waals surface area contributed by atoms with E-state index < -0.39 is 11.8 Å². The fourth-order valence-electron chi connectivity index (χ4n) is 2.63. The third-order valence-electron chi connectivity index (χ3n) is 3.93. The average molecular weight is 384 g/mol. The summed E-state index contributed by atoms with van der Waals surface area (Å²) >= 11 is 5.15. The number of carbonyl (C=O) groups is 2. The molecule has 0 unspecified atom stereocenters. The molecule has 1 aliphatic rings. The highest BCUT2D eigenvalue weighted by Gasteiger charge is 2.34. The number of carbonyl (C=O) groups excluding carboxylic acids is 2. The van der Waals surface area contributed by atoms with Gasteiger partial charge < -0.3 is 14.6 Å². The number of para-hydroxylation sites is 1. The van der Waals surface area contributed by atoms with Crippen LogP contribution in [0.5, 0.6) is 17.2 Å². The molecule has 27 heavy (non-hydrogen) atoms. The van der Waals surface area contributed by atoms with Crippen molar-refractivity contribution in [3.05, 3.63) is 53.6 Å². The maximum atomic E-state index is 12.9. The molecule has 3 rings (SSSR count). The van der Waals surface area contributed by atoms with Crippen LogP contribution in [0.3, 0.4) is 0 Å². The number of aromatic hydroxyl groups is 1. The van der Waals surface area contributed by atoms with Gasteiger partial charge in [-0.3, -0.25) is 19.8 Å². The summed E-state index contributed by atoms with van der Waals surface area (Å²) in [6.07, 6.45) is 1.39. The third kappa shape index (κ3) is 3.47. The number of rotatable bonds is 4. The number of amides is 2. The van der Waals surface area contributed by atoms with Crippen LogP contribution in [0.1, 0.15) is 5.56 Å². The number of benzene rings is 2. The van der Waals surface area contributed by atoms with Crippen molar-refractivity contribution in [2.75, 3.05) is 19.1 Å². The summed E-state index contributed by atoms with van der Waals surface area (Å²) < 4.78 is 10.2. The van der Waals surface area contributed by atoms with Gasteiger partial charge in [-0.2, -0.15) is 0 Å². The predicted octanol–water partition coefficient (Wildman–Crippen LogP) is 2.24. The standard InChI is InChI=1S/C19H16N2O5S/c1-25-14-9-11(10-15(26-2)16(14)22)8-13-17(23)20-19(27)21(18(13)24)12-6-4-3-5-7-12/h3-10,22H,1-2H3,(H,20,23,27)/b13-8+. The Labute approximate surface area is 160 Å². The van der Waals surface area contributed by atoms with E-state index in [4.69, 9.17) is 21.7 Å². The average Bonchev–Trinajstić information content (AvgIpc) is 2.66. The highest BCUT2D eigenvalue weighted by Crippen LogP contribution is 2.37. The van der Waals surface area contributed by atoms with Crippen molar-refractivity contribution < 1.29 is 24.2 Å². The number of phenolic OH excluding ortho intramolecular Hbond substituents is 1. The second-order valence-corrected chi connectivity index (χ2v) is 5.95. The molecule has 138 valence electrons. The zero-order valence-electron chi connectivity index (χ0n) is 14.6. The van der Waals surface area contributed by atoms with Crippen LogP contribution < -0.4 is 19.7 Å². The Bertz CT molecular complexity index is 931. The molecule has 1 aliphatic heterocycles. The fourth-order valence-corrected chi connectivity index (χ4v) is 2.91. The topological polar surface area (TPSA) is 88.1 Å². The summed E-state index contributed by atoms with van der Waals surface area (Å²) in [5, 5.41) is 12.5. The quantitative estimate of drug-likeness (QED) is 0.478. The van der Waals surface area contributed by atoms with Gasteiger partial charge in [0.2, 0.25) is 5.75 Å². The van der Waals surface area contributed by atoms with Gasteiger partial charge >= 0.3 is 0 Å². The summed E-state index contributed by atoms with van der Waals surface area (Å²) in [6.45, 7) is 0. The van der Waals surface area contributed by atoms with Crippen LogP contribution in [-0.4, -0.2) is 36.3 Å². The zero-order valence-corrected chi connectivity index (χ0v) is 15.4. The fraction of sp³-hybridized carbons (Fsp3) is 0.105. The highest BCUT2D eigenvalue weighted by atomic mass is 32.1. The van der Waals surface area contributed by atoms with Gasteiger partial charge in [-0.15, -0.1) is 0 Å². The lowest BCUT2D eigenvalue weighted by molar-refractivity contribution is -0.122. The number of methoxy groups -OCH3 is 2. The molecule has 1 saturated heterocycles. The summed E-state index contributed by atoms with van der Waals surface area (Å²) in [4.78, 5) is 26.5. The number of nitrogens with one attached hydrogen (secondary N) is 1. The Morgan fingerprint density at radius 2 is 1.67 bits per heavy atom. The van der Waals surface area contributed by atoms with E-state index in [1.165, 1.54) is 37.3 Å². The normalized spacial score (nSPS) is 15.7. The maximum Gasteiger partial charge on any atom is 0.270 e. The van der Waals surface area contributed by atoms with Crippen LogP contribution in [0.25, 0.3) is 6.08 Å². The van der Waals surface area contributed by atoms with Crippen LogP contribution in [0.15, 0.2) is 48.0 Å². The van der Waals surface area contributed by atoms with Crippen molar-refractivity contribution in [1.29, 1.82) is 0 Å². The number of ether oxygens (including phenoxy) is 2. The van der Waals surface area contributed by atoms with Crippen LogP contribution in [0.2, 0.25) is 0 Å². The van der Waals surface area contributed by atoms with Crippen LogP contribution in [0.4, 0.5) is 5.69 Å². The molecule has 2 amide bonds. The number of hydrogen-bond acceptors (Lipinski definition) is 6. The number of hydrogen-bond donors (Lipinski definition) is 2. The molecular formula is C19H16N2O5S. The molecule has 1 heterocycles. The van der Waals surface area contributed by atoms with E-state index in [-0.39, 0.29) is 27.9 Å². The van der Waals surface area contributed by atoms with E-state index in [2.05, 4.69) is 5.32 Å². The lowest BCUT2D eigenvalue weighted by Crippen LogP contribution is -2.54. The maximum absolute atomic E-state index is 12.9. The van der Waals surface area contributed by atoms with Crippen LogP contribution in [0, 0.1) is 0 Å². The minimum absolute atomic E-state index is 0.00853. The summed E-state index contributed by atoms with van der Waals surface area (Å²) in [5.74, 6) is -1.03. The van der Waals surface area contributed by atoms with E-state index in [1.54, 1.807) is 24.3 Å². The molecule has 0 aliphatic carbocycles. The van der Waals surface area contributed by atoms with Gasteiger partial charge in [0.15, 0.2) is 16.6 Å². The molecule has 2 N–H and O–H groups in total. The molecule has 0 aromatic heterocycles. The van der Waals surface area contributed by atoms with E-state index in [0.717, 1.165) is 0 Å². The Morgan fingerprint density at radius 1 is 1.07 bits per heavy atom. The number of phenols is 1. The van der Waals surface area contributed by atoms with Gasteiger partial charge in [0.25, 0.3) is 11.8 Å². The van der Waals surface area contributed by atoms with Crippen molar-refractivity contribution in [1.82, 2.24) is 5.32 Å². The molecule has 7 nitrogen and oxygen atoms in total. The van der Waals surface area contributed by atoms with Crippen molar-refractivity contribution in [3.63, 3.8) is 0 Å². The van der Waals surface area contributed by atoms with Gasteiger partial charge in [-0.1, -0.05) is 18.2 Å². The first kappa shape index (κ1) is 18.4. The van der Waals surface area contributed by atoms with E-state index >= 15 is 0 Å². The molecule has 0 atom stereocenters. The van der Waals surface area contributed by atoms with Gasteiger partial charge in [0, 0.05) is 0 Å². The smallest absolute Gasteiger partial charge is 0.270 e. The minimum atomic E-state index is -0.608. The number of thiocarbonyl (C=S) groups is 1. The molecule has 1 fully saturated rings. The lowest BCUT2D eigenvalue weighted by atomic mass is 10.1. The van der Waals surface area contributed by atoms with E-state index in [9.17, 15) is 14.7 Å². The first-order valence-electron chi connectivity index (χ1n) is 7.87. The molecule has 8 heteroatoms. The SMILES string of the molecule is COc1cc(/C=C2\C(=O)NC(=S)N(c3ccccc3)C2=O)cc(OC)c1O. The summed E-state index contributed by atoms with van der Waals surface area (Å²) in [7, 11) is 2.78. The van der Waals surface area contributed by atoms with Gasteiger partial charge in [0.1, 0.15) is 5.57 Å². The summed E-state index contributed by atoms with van der Waals surface area (Å²) in [5.41, 5.74) is 0.877. The Hall–Kier alpha value is -3.39. The van der Waals surface area contributed by atoms with Crippen LogP contribution in [-0.2, 0) is 9.59 Å². The first-order valence-corrected chi connectivity index (χ1v) is 8.28. The van der Waals surface area contributed by atoms with Crippen molar-refractivity contribution in [2.45, 2.75) is 0 Å². The molecule has 0 saturated carbocycles. The molecule has 0 spiro atoms. The second-order valence-electron chi connectivity index (χ2n) is 5.57. The minimum Gasteiger partial charge on any atom is -0.502 e. The summed E-state index contributed by atoms with van der Waals surface area (Å²) in [6, 6.07) is 11.8. The van der Waals surface area contributed by atoms with Crippen LogP contribution >= 0.6 is 12.2 Å².